The van der Waals surface area contributed by atoms with E-state index in [4.69, 9.17) is 5.84 Å². The summed E-state index contributed by atoms with van der Waals surface area (Å²) >= 11 is 0. The number of rotatable bonds is 2. The van der Waals surface area contributed by atoms with Crippen LogP contribution in [0.15, 0.2) is 30.3 Å². The number of hydrazine groups is 1. The highest BCUT2D eigenvalue weighted by Gasteiger charge is 2.23. The molecule has 0 unspecified atom stereocenters. The summed E-state index contributed by atoms with van der Waals surface area (Å²) in [4.78, 5) is 18.9. The Labute approximate surface area is 124 Å². The number of amides is 1. The fourth-order valence-electron chi connectivity index (χ4n) is 2.79. The van der Waals surface area contributed by atoms with Crippen molar-refractivity contribution in [2.45, 2.75) is 19.8 Å². The van der Waals surface area contributed by atoms with Crippen LogP contribution in [0.2, 0.25) is 0 Å². The topological polar surface area (TPSA) is 71.2 Å². The summed E-state index contributed by atoms with van der Waals surface area (Å²) in [5, 5.41) is 1.89. The largest absolute Gasteiger partial charge is 0.337 e. The van der Waals surface area contributed by atoms with E-state index >= 15 is 0 Å². The molecule has 0 spiro atoms. The van der Waals surface area contributed by atoms with Gasteiger partial charge in [0.25, 0.3) is 5.91 Å². The van der Waals surface area contributed by atoms with Crippen LogP contribution in [0, 0.1) is 5.92 Å². The third-order valence-electron chi connectivity index (χ3n) is 4.17. The van der Waals surface area contributed by atoms with Gasteiger partial charge < -0.3 is 10.3 Å². The molecule has 1 aromatic heterocycles. The second-order valence-electron chi connectivity index (χ2n) is 5.70. The molecule has 0 aliphatic carbocycles. The van der Waals surface area contributed by atoms with Crippen LogP contribution in [0.4, 0.5) is 5.82 Å². The third kappa shape index (κ3) is 2.69. The molecule has 5 nitrogen and oxygen atoms in total. The van der Waals surface area contributed by atoms with E-state index in [0.717, 1.165) is 36.7 Å². The average molecular weight is 284 g/mol. The first-order valence-electron chi connectivity index (χ1n) is 7.34. The van der Waals surface area contributed by atoms with Gasteiger partial charge in [-0.1, -0.05) is 31.2 Å². The van der Waals surface area contributed by atoms with Gasteiger partial charge in [0.2, 0.25) is 0 Å². The third-order valence-corrected chi connectivity index (χ3v) is 4.17. The predicted molar refractivity (Wildman–Crippen MR) is 83.9 cm³/mol. The Morgan fingerprint density at radius 3 is 2.76 bits per heavy atom. The highest BCUT2D eigenvalue weighted by atomic mass is 16.2. The predicted octanol–water partition coefficient (Wildman–Crippen LogP) is 2.39. The van der Waals surface area contributed by atoms with E-state index in [9.17, 15) is 4.79 Å². The lowest BCUT2D eigenvalue weighted by atomic mass is 9.99. The lowest BCUT2D eigenvalue weighted by Crippen LogP contribution is -2.38. The Morgan fingerprint density at radius 2 is 2.05 bits per heavy atom. The maximum absolute atomic E-state index is 12.6. The number of hydrogen-bond donors (Lipinski definition) is 2. The number of benzene rings is 1. The Kier molecular flexibility index (Phi) is 3.75. The number of piperidine rings is 1. The van der Waals surface area contributed by atoms with Gasteiger partial charge in [-0.05, 0) is 30.2 Å². The number of aromatic nitrogens is 1. The van der Waals surface area contributed by atoms with E-state index in [1.54, 1.807) is 0 Å². The van der Waals surface area contributed by atoms with E-state index in [0.29, 0.717) is 17.4 Å². The molecule has 1 fully saturated rings. The zero-order valence-corrected chi connectivity index (χ0v) is 12.2. The summed E-state index contributed by atoms with van der Waals surface area (Å²) in [7, 11) is 0. The van der Waals surface area contributed by atoms with Gasteiger partial charge in [0, 0.05) is 18.5 Å². The maximum Gasteiger partial charge on any atom is 0.272 e. The van der Waals surface area contributed by atoms with Crippen molar-refractivity contribution >= 4 is 22.5 Å². The molecule has 21 heavy (non-hydrogen) atoms. The first-order chi connectivity index (χ1) is 10.2. The van der Waals surface area contributed by atoms with Gasteiger partial charge in [-0.25, -0.2) is 10.8 Å². The summed E-state index contributed by atoms with van der Waals surface area (Å²) in [6, 6.07) is 9.62. The summed E-state index contributed by atoms with van der Waals surface area (Å²) in [5.74, 6) is 6.77. The van der Waals surface area contributed by atoms with Gasteiger partial charge in [0.05, 0.1) is 0 Å². The molecule has 0 bridgehead atoms. The summed E-state index contributed by atoms with van der Waals surface area (Å²) in [6.45, 7) is 3.84. The van der Waals surface area contributed by atoms with Crippen molar-refractivity contribution in [2.75, 3.05) is 18.5 Å². The van der Waals surface area contributed by atoms with E-state index in [1.807, 2.05) is 35.2 Å². The molecule has 1 aliphatic heterocycles. The van der Waals surface area contributed by atoms with Gasteiger partial charge in [0.15, 0.2) is 0 Å². The first kappa shape index (κ1) is 13.8. The van der Waals surface area contributed by atoms with Crippen LogP contribution in [0.25, 0.3) is 10.8 Å². The molecule has 3 rings (SSSR count). The number of anilines is 1. The molecular weight excluding hydrogens is 264 g/mol. The lowest BCUT2D eigenvalue weighted by Gasteiger charge is -2.30. The van der Waals surface area contributed by atoms with Crippen molar-refractivity contribution in [1.29, 1.82) is 0 Å². The molecule has 1 saturated heterocycles. The number of nitrogens with two attached hydrogens (primary N) is 1. The normalized spacial score (nSPS) is 16.2. The molecule has 1 aliphatic rings. The Hall–Kier alpha value is -2.14. The second kappa shape index (κ2) is 5.69. The minimum absolute atomic E-state index is 0.0100. The van der Waals surface area contributed by atoms with Crippen molar-refractivity contribution < 1.29 is 4.79 Å². The highest BCUT2D eigenvalue weighted by Crippen LogP contribution is 2.24. The van der Waals surface area contributed by atoms with Crippen LogP contribution in [0.5, 0.6) is 0 Å². The van der Waals surface area contributed by atoms with Crippen molar-refractivity contribution in [3.63, 3.8) is 0 Å². The van der Waals surface area contributed by atoms with E-state index in [2.05, 4.69) is 17.3 Å². The Bertz CT molecular complexity index is 662. The van der Waals surface area contributed by atoms with Gasteiger partial charge in [-0.15, -0.1) is 0 Å². The van der Waals surface area contributed by atoms with E-state index in [-0.39, 0.29) is 5.91 Å². The monoisotopic (exact) mass is 284 g/mol. The number of fused-ring (bicyclic) bond motifs is 1. The van der Waals surface area contributed by atoms with Gasteiger partial charge in [0.1, 0.15) is 11.5 Å². The number of hydrogen-bond acceptors (Lipinski definition) is 4. The quantitative estimate of drug-likeness (QED) is 0.656. The van der Waals surface area contributed by atoms with E-state index < -0.39 is 0 Å². The second-order valence-corrected chi connectivity index (χ2v) is 5.70. The smallest absolute Gasteiger partial charge is 0.272 e. The highest BCUT2D eigenvalue weighted by molar-refractivity contribution is 6.00. The minimum Gasteiger partial charge on any atom is -0.337 e. The molecule has 1 amide bonds. The molecule has 0 atom stereocenters. The van der Waals surface area contributed by atoms with Gasteiger partial charge in [-0.3, -0.25) is 4.79 Å². The van der Waals surface area contributed by atoms with Gasteiger partial charge in [-0.2, -0.15) is 0 Å². The zero-order valence-electron chi connectivity index (χ0n) is 12.2. The standard InChI is InChI=1S/C16H20N4O/c1-11-6-8-20(9-7-11)16(21)14-10-12-4-2-3-5-13(12)15(18-14)19-17/h2-5,10-11H,6-9,17H2,1H3,(H,18,19). The summed E-state index contributed by atoms with van der Waals surface area (Å²) in [5.41, 5.74) is 3.05. The van der Waals surface area contributed by atoms with Crippen LogP contribution in [-0.4, -0.2) is 28.9 Å². The molecule has 0 radical (unpaired) electrons. The molecule has 110 valence electrons. The van der Waals surface area contributed by atoms with Crippen LogP contribution in [0.3, 0.4) is 0 Å². The maximum atomic E-state index is 12.6. The zero-order chi connectivity index (χ0) is 14.8. The van der Waals surface area contributed by atoms with Crippen molar-refractivity contribution in [3.8, 4) is 0 Å². The summed E-state index contributed by atoms with van der Waals surface area (Å²) < 4.78 is 0. The number of nitrogen functional groups attached to an aromatic ring is 1. The fourth-order valence-corrected chi connectivity index (χ4v) is 2.79. The average Bonchev–Trinajstić information content (AvgIpc) is 2.53. The molecule has 0 saturated carbocycles. The number of nitrogens with one attached hydrogen (secondary N) is 1. The number of nitrogens with zero attached hydrogens (tertiary/aromatic N) is 2. The number of carbonyl (C=O) groups excluding carboxylic acids is 1. The van der Waals surface area contributed by atoms with Crippen molar-refractivity contribution in [1.82, 2.24) is 9.88 Å². The molecule has 1 aromatic carbocycles. The number of pyridine rings is 1. The van der Waals surface area contributed by atoms with E-state index in [1.165, 1.54) is 0 Å². The van der Waals surface area contributed by atoms with Crippen LogP contribution in [0.1, 0.15) is 30.3 Å². The SMILES string of the molecule is CC1CCN(C(=O)c2cc3ccccc3c(NN)n2)CC1. The number of likely N-dealkylation sites (tertiary alicyclic amines) is 1. The van der Waals surface area contributed by atoms with Crippen LogP contribution >= 0.6 is 0 Å². The van der Waals surface area contributed by atoms with Crippen molar-refractivity contribution in [3.05, 3.63) is 36.0 Å². The Balaban J connectivity index is 1.94. The molecular formula is C16H20N4O. The summed E-state index contributed by atoms with van der Waals surface area (Å²) in [6.07, 6.45) is 2.11. The molecule has 5 heteroatoms. The Morgan fingerprint density at radius 1 is 1.33 bits per heavy atom. The fraction of sp³-hybridized carbons (Fsp3) is 0.375. The number of carbonyl (C=O) groups is 1. The van der Waals surface area contributed by atoms with Gasteiger partial charge >= 0.3 is 0 Å². The lowest BCUT2D eigenvalue weighted by molar-refractivity contribution is 0.0691. The molecule has 2 heterocycles. The first-order valence-corrected chi connectivity index (χ1v) is 7.34. The van der Waals surface area contributed by atoms with Crippen molar-refractivity contribution in [2.24, 2.45) is 11.8 Å². The minimum atomic E-state index is -0.0100. The molecule has 3 N–H and O–H groups in total. The molecule has 2 aromatic rings. The van der Waals surface area contributed by atoms with Crippen LogP contribution < -0.4 is 11.3 Å². The van der Waals surface area contributed by atoms with Crippen LogP contribution in [-0.2, 0) is 0 Å².